The number of nitrogens with one attached hydrogen (secondary N) is 1. The van der Waals surface area contributed by atoms with Gasteiger partial charge in [-0.3, -0.25) is 9.59 Å². The van der Waals surface area contributed by atoms with E-state index in [1.807, 2.05) is 49.4 Å². The molecule has 0 spiro atoms. The van der Waals surface area contributed by atoms with Crippen LogP contribution in [-0.4, -0.2) is 26.3 Å². The van der Waals surface area contributed by atoms with Gasteiger partial charge in [-0.05, 0) is 56.4 Å². The van der Waals surface area contributed by atoms with Crippen LogP contribution in [0.25, 0.3) is 21.8 Å². The Bertz CT molecular complexity index is 1630. The van der Waals surface area contributed by atoms with Crippen LogP contribution in [0.15, 0.2) is 83.8 Å². The number of fused-ring (bicyclic) bond motifs is 3. The van der Waals surface area contributed by atoms with Crippen molar-refractivity contribution < 1.29 is 4.79 Å². The third-order valence-corrected chi connectivity index (χ3v) is 7.02. The van der Waals surface area contributed by atoms with E-state index < -0.39 is 0 Å². The Kier molecular flexibility index (Phi) is 6.91. The van der Waals surface area contributed by atoms with Gasteiger partial charge in [0.1, 0.15) is 12.1 Å². The first-order valence-corrected chi connectivity index (χ1v) is 12.8. The molecule has 0 aliphatic carbocycles. The summed E-state index contributed by atoms with van der Waals surface area (Å²) in [6.07, 6.45) is 3.41. The number of para-hydroxylation sites is 1. The lowest BCUT2D eigenvalue weighted by Gasteiger charge is -2.15. The van der Waals surface area contributed by atoms with Gasteiger partial charge in [-0.1, -0.05) is 72.3 Å². The van der Waals surface area contributed by atoms with Gasteiger partial charge in [-0.25, -0.2) is 4.68 Å². The van der Waals surface area contributed by atoms with Crippen molar-refractivity contribution in [1.29, 1.82) is 0 Å². The van der Waals surface area contributed by atoms with Crippen molar-refractivity contribution in [1.82, 2.24) is 19.7 Å². The minimum atomic E-state index is -0.258. The van der Waals surface area contributed by atoms with Gasteiger partial charge in [0.2, 0.25) is 5.91 Å². The number of amides is 1. The van der Waals surface area contributed by atoms with Crippen molar-refractivity contribution in [3.05, 3.63) is 112 Å². The molecule has 6 nitrogen and oxygen atoms in total. The molecule has 188 valence electrons. The maximum Gasteiger partial charge on any atom is 0.291 e. The Labute approximate surface area is 216 Å². The van der Waals surface area contributed by atoms with Crippen molar-refractivity contribution in [2.45, 2.75) is 52.7 Å². The summed E-state index contributed by atoms with van der Waals surface area (Å²) in [7, 11) is 0. The van der Waals surface area contributed by atoms with Crippen LogP contribution in [0.4, 0.5) is 0 Å². The molecule has 5 rings (SSSR count). The molecule has 0 aliphatic heterocycles. The maximum absolute atomic E-state index is 13.7. The predicted octanol–water partition coefficient (Wildman–Crippen LogP) is 5.15. The van der Waals surface area contributed by atoms with Crippen LogP contribution < -0.4 is 10.9 Å². The summed E-state index contributed by atoms with van der Waals surface area (Å²) in [5.41, 5.74) is 6.05. The molecule has 0 fully saturated rings. The van der Waals surface area contributed by atoms with Crippen LogP contribution >= 0.6 is 0 Å². The summed E-state index contributed by atoms with van der Waals surface area (Å²) in [5, 5.41) is 9.19. The number of benzene rings is 3. The highest BCUT2D eigenvalue weighted by atomic mass is 16.2. The highest BCUT2D eigenvalue weighted by Gasteiger charge is 2.18. The van der Waals surface area contributed by atoms with Crippen LogP contribution in [0.2, 0.25) is 0 Å². The normalized spacial score (nSPS) is 12.2. The molecule has 1 amide bonds. The standard InChI is InChI=1S/C31H32N4O2/c1-21-13-14-22(2)25(17-21)19-34-28-12-8-7-11-26(28)27-18-32-35(31(37)30(27)34)20-29(36)33-23(3)15-16-24-9-5-4-6-10-24/h4-14,17-18,23H,15-16,19-20H2,1-3H3,(H,33,36). The molecule has 0 saturated heterocycles. The number of nitrogens with zero attached hydrogens (tertiary/aromatic N) is 3. The van der Waals surface area contributed by atoms with E-state index in [-0.39, 0.29) is 24.1 Å². The van der Waals surface area contributed by atoms with E-state index in [0.29, 0.717) is 12.1 Å². The van der Waals surface area contributed by atoms with Gasteiger partial charge in [0, 0.05) is 28.9 Å². The zero-order valence-electron chi connectivity index (χ0n) is 21.6. The first-order valence-electron chi connectivity index (χ1n) is 12.8. The van der Waals surface area contributed by atoms with E-state index >= 15 is 0 Å². The molecular formula is C31H32N4O2. The molecule has 2 heterocycles. The third-order valence-electron chi connectivity index (χ3n) is 7.02. The zero-order chi connectivity index (χ0) is 25.9. The Morgan fingerprint density at radius 1 is 0.973 bits per heavy atom. The fourth-order valence-corrected chi connectivity index (χ4v) is 4.97. The van der Waals surface area contributed by atoms with Gasteiger partial charge in [-0.15, -0.1) is 0 Å². The number of aromatic nitrogens is 3. The van der Waals surface area contributed by atoms with Crippen LogP contribution in [0.3, 0.4) is 0 Å². The predicted molar refractivity (Wildman–Crippen MR) is 149 cm³/mol. The molecule has 6 heteroatoms. The van der Waals surface area contributed by atoms with Crippen LogP contribution in [0, 0.1) is 13.8 Å². The van der Waals surface area contributed by atoms with Crippen LogP contribution in [0.1, 0.15) is 35.6 Å². The maximum atomic E-state index is 13.7. The second-order valence-electron chi connectivity index (χ2n) is 9.90. The molecule has 0 aliphatic rings. The van der Waals surface area contributed by atoms with Crippen molar-refractivity contribution in [2.24, 2.45) is 0 Å². The summed E-state index contributed by atoms with van der Waals surface area (Å²) < 4.78 is 3.34. The lowest BCUT2D eigenvalue weighted by molar-refractivity contribution is -0.122. The van der Waals surface area contributed by atoms with E-state index in [1.165, 1.54) is 21.4 Å². The lowest BCUT2D eigenvalue weighted by Crippen LogP contribution is -2.38. The summed E-state index contributed by atoms with van der Waals surface area (Å²) in [5.74, 6) is -0.216. The van der Waals surface area contributed by atoms with Crippen molar-refractivity contribution in [3.8, 4) is 0 Å². The van der Waals surface area contributed by atoms with E-state index in [2.05, 4.69) is 59.2 Å². The minimum Gasteiger partial charge on any atom is -0.352 e. The lowest BCUT2D eigenvalue weighted by atomic mass is 10.1. The number of carbonyl (C=O) groups is 1. The molecule has 37 heavy (non-hydrogen) atoms. The molecular weight excluding hydrogens is 460 g/mol. The molecule has 1 unspecified atom stereocenters. The zero-order valence-corrected chi connectivity index (χ0v) is 21.6. The quantitative estimate of drug-likeness (QED) is 0.326. The fourth-order valence-electron chi connectivity index (χ4n) is 4.97. The highest BCUT2D eigenvalue weighted by molar-refractivity contribution is 6.07. The second kappa shape index (κ2) is 10.4. The Morgan fingerprint density at radius 3 is 2.54 bits per heavy atom. The van der Waals surface area contributed by atoms with E-state index in [4.69, 9.17) is 0 Å². The molecule has 1 atom stereocenters. The fraction of sp³-hybridized carbons (Fsp3) is 0.258. The summed E-state index contributed by atoms with van der Waals surface area (Å²) in [4.78, 5) is 26.5. The molecule has 5 aromatic rings. The van der Waals surface area contributed by atoms with E-state index in [0.717, 1.165) is 34.7 Å². The molecule has 3 aromatic carbocycles. The third kappa shape index (κ3) is 5.19. The first kappa shape index (κ1) is 24.5. The van der Waals surface area contributed by atoms with Gasteiger partial charge >= 0.3 is 0 Å². The SMILES string of the molecule is Cc1ccc(C)c(Cn2c3ccccc3c3cnn(CC(=O)NC(C)CCc4ccccc4)c(=O)c32)c1. The molecule has 2 aromatic heterocycles. The molecule has 0 saturated carbocycles. The van der Waals surface area contributed by atoms with Gasteiger partial charge in [0.05, 0.1) is 6.20 Å². The minimum absolute atomic E-state index is 0.0112. The smallest absolute Gasteiger partial charge is 0.291 e. The molecule has 1 N–H and O–H groups in total. The average molecular weight is 493 g/mol. The van der Waals surface area contributed by atoms with Gasteiger partial charge in [0.25, 0.3) is 5.56 Å². The van der Waals surface area contributed by atoms with Crippen molar-refractivity contribution >= 4 is 27.7 Å². The van der Waals surface area contributed by atoms with Gasteiger partial charge < -0.3 is 9.88 Å². The average Bonchev–Trinajstić information content (AvgIpc) is 3.21. The number of aryl methyl sites for hydroxylation is 3. The summed E-state index contributed by atoms with van der Waals surface area (Å²) in [6.45, 7) is 6.61. The van der Waals surface area contributed by atoms with Crippen LogP contribution in [-0.2, 0) is 24.3 Å². The summed E-state index contributed by atoms with van der Waals surface area (Å²) >= 11 is 0. The van der Waals surface area contributed by atoms with Gasteiger partial charge in [-0.2, -0.15) is 5.10 Å². The molecule has 0 bridgehead atoms. The van der Waals surface area contributed by atoms with E-state index in [9.17, 15) is 9.59 Å². The summed E-state index contributed by atoms with van der Waals surface area (Å²) in [6, 6.07) is 24.6. The topological polar surface area (TPSA) is 68.9 Å². The Morgan fingerprint density at radius 2 is 1.73 bits per heavy atom. The molecule has 0 radical (unpaired) electrons. The van der Waals surface area contributed by atoms with Gasteiger partial charge in [0.15, 0.2) is 0 Å². The Balaban J connectivity index is 1.42. The second-order valence-corrected chi connectivity index (χ2v) is 9.90. The Hall–Kier alpha value is -4.19. The monoisotopic (exact) mass is 492 g/mol. The van der Waals surface area contributed by atoms with Crippen molar-refractivity contribution in [3.63, 3.8) is 0 Å². The number of rotatable bonds is 8. The van der Waals surface area contributed by atoms with E-state index in [1.54, 1.807) is 6.20 Å². The number of carbonyl (C=O) groups excluding carboxylic acids is 1. The number of hydrogen-bond donors (Lipinski definition) is 1. The highest BCUT2D eigenvalue weighted by Crippen LogP contribution is 2.28. The largest absolute Gasteiger partial charge is 0.352 e. The van der Waals surface area contributed by atoms with Crippen LogP contribution in [0.5, 0.6) is 0 Å². The number of hydrogen-bond acceptors (Lipinski definition) is 3. The van der Waals surface area contributed by atoms with Crippen molar-refractivity contribution in [2.75, 3.05) is 0 Å². The first-order chi connectivity index (χ1) is 17.9.